The van der Waals surface area contributed by atoms with Crippen molar-refractivity contribution in [1.82, 2.24) is 30.7 Å². The van der Waals surface area contributed by atoms with Crippen molar-refractivity contribution in [2.75, 3.05) is 31.5 Å². The first-order valence-electron chi connectivity index (χ1n) is 25.6. The lowest BCUT2D eigenvalue weighted by molar-refractivity contribution is -0.164. The van der Waals surface area contributed by atoms with Gasteiger partial charge in [0.15, 0.2) is 0 Å². The summed E-state index contributed by atoms with van der Waals surface area (Å²) in [5, 5.41) is 32.7. The molecule has 5 N–H and O–H groups in total. The number of ether oxygens (including phenoxy) is 2. The van der Waals surface area contributed by atoms with Gasteiger partial charge in [-0.25, -0.2) is 9.37 Å². The fourth-order valence-corrected chi connectivity index (χ4v) is 12.5. The summed E-state index contributed by atoms with van der Waals surface area (Å²) in [5.41, 5.74) is 3.99. The lowest BCUT2D eigenvalue weighted by Gasteiger charge is -2.63. The van der Waals surface area contributed by atoms with Gasteiger partial charge in [0.05, 0.1) is 63.3 Å². The average molecular weight is 1050 g/mol. The Hall–Kier alpha value is -5.64. The van der Waals surface area contributed by atoms with E-state index in [2.05, 4.69) is 31.2 Å². The molecular weight excluding hydrogens is 983 g/mol. The number of piperidine rings is 1. The summed E-state index contributed by atoms with van der Waals surface area (Å²) >= 11 is 7.82. The first-order valence-corrected chi connectivity index (χ1v) is 26.9. The Morgan fingerprint density at radius 3 is 2.27 bits per heavy atom. The van der Waals surface area contributed by atoms with Crippen molar-refractivity contribution >= 4 is 52.3 Å². The summed E-state index contributed by atoms with van der Waals surface area (Å²) in [5.74, 6) is -1.42. The molecule has 15 nitrogen and oxygen atoms in total. The van der Waals surface area contributed by atoms with Gasteiger partial charge in [0.1, 0.15) is 35.8 Å². The van der Waals surface area contributed by atoms with Crippen molar-refractivity contribution < 1.29 is 38.1 Å². The van der Waals surface area contributed by atoms with Gasteiger partial charge in [0.2, 0.25) is 17.7 Å². The number of aliphatic hydroxyl groups is 1. The van der Waals surface area contributed by atoms with Crippen molar-refractivity contribution in [1.29, 1.82) is 5.26 Å². The van der Waals surface area contributed by atoms with E-state index >= 15 is 4.39 Å². The summed E-state index contributed by atoms with van der Waals surface area (Å²) < 4.78 is 28.3. The highest BCUT2D eigenvalue weighted by Gasteiger charge is 2.64. The molecule has 8 rings (SSSR count). The van der Waals surface area contributed by atoms with Crippen molar-refractivity contribution in [2.24, 2.45) is 16.2 Å². The minimum absolute atomic E-state index is 0.00954. The Kier molecular flexibility index (Phi) is 16.2. The Bertz CT molecular complexity index is 2750. The molecule has 74 heavy (non-hydrogen) atoms. The van der Waals surface area contributed by atoms with Gasteiger partial charge in [0.25, 0.3) is 5.91 Å². The number of anilines is 1. The zero-order chi connectivity index (χ0) is 53.4. The second kappa shape index (κ2) is 21.9. The smallest absolute Gasteiger partial charge is 0.251 e. The molecule has 4 amide bonds. The van der Waals surface area contributed by atoms with Crippen LogP contribution in [0.15, 0.2) is 66.2 Å². The van der Waals surface area contributed by atoms with Gasteiger partial charge in [-0.05, 0) is 86.4 Å². The molecule has 2 saturated heterocycles. The predicted octanol–water partition coefficient (Wildman–Crippen LogP) is 8.19. The van der Waals surface area contributed by atoms with Crippen LogP contribution in [0.25, 0.3) is 10.4 Å². The quantitative estimate of drug-likeness (QED) is 0.0726. The van der Waals surface area contributed by atoms with Crippen LogP contribution in [-0.4, -0.2) is 118 Å². The maximum Gasteiger partial charge on any atom is 0.251 e. The number of aliphatic hydroxyl groups excluding tert-OH is 1. The van der Waals surface area contributed by atoms with Crippen molar-refractivity contribution in [2.45, 2.75) is 149 Å². The summed E-state index contributed by atoms with van der Waals surface area (Å²) in [6.07, 6.45) is 1.84. The van der Waals surface area contributed by atoms with Gasteiger partial charge < -0.3 is 40.7 Å². The van der Waals surface area contributed by atoms with Gasteiger partial charge >= 0.3 is 0 Å². The van der Waals surface area contributed by atoms with Gasteiger partial charge in [-0.2, -0.15) is 5.26 Å². The van der Waals surface area contributed by atoms with Gasteiger partial charge in [-0.1, -0.05) is 84.3 Å². The van der Waals surface area contributed by atoms with Crippen LogP contribution in [-0.2, 0) is 19.1 Å². The van der Waals surface area contributed by atoms with E-state index in [0.29, 0.717) is 48.0 Å². The molecule has 0 unspecified atom stereocenters. The minimum atomic E-state index is -0.931. The van der Waals surface area contributed by atoms with E-state index in [9.17, 15) is 29.5 Å². The van der Waals surface area contributed by atoms with Crippen LogP contribution < -0.4 is 26.0 Å². The summed E-state index contributed by atoms with van der Waals surface area (Å²) in [4.78, 5) is 64.0. The maximum absolute atomic E-state index is 15.5. The molecule has 4 fully saturated rings. The number of amides is 4. The van der Waals surface area contributed by atoms with E-state index in [1.807, 2.05) is 98.2 Å². The van der Waals surface area contributed by atoms with Crippen molar-refractivity contribution in [3.05, 3.63) is 99.4 Å². The molecule has 4 aromatic rings. The number of rotatable bonds is 16. The molecule has 2 saturated carbocycles. The van der Waals surface area contributed by atoms with Crippen LogP contribution in [0.2, 0.25) is 5.02 Å². The van der Waals surface area contributed by atoms with Crippen LogP contribution in [0.4, 0.5) is 10.1 Å². The Labute approximate surface area is 442 Å². The van der Waals surface area contributed by atoms with E-state index in [1.165, 1.54) is 11.0 Å². The largest absolute Gasteiger partial charge is 0.489 e. The van der Waals surface area contributed by atoms with Crippen LogP contribution in [0.3, 0.4) is 0 Å². The van der Waals surface area contributed by atoms with Crippen LogP contribution in [0.1, 0.15) is 121 Å². The molecule has 3 heterocycles. The number of carbonyl (C=O) groups excluding carboxylic acids is 4. The van der Waals surface area contributed by atoms with E-state index in [4.69, 9.17) is 21.1 Å². The molecule has 4 atom stereocenters. The molecule has 2 aliphatic heterocycles. The number of benzene rings is 3. The number of hydrogen-bond acceptors (Lipinski definition) is 12. The number of thiazole rings is 1. The number of nitrogens with zero attached hydrogens (tertiary/aromatic N) is 4. The van der Waals surface area contributed by atoms with E-state index in [0.717, 1.165) is 34.5 Å². The number of carbonyl (C=O) groups is 4. The lowest BCUT2D eigenvalue weighted by Crippen LogP contribution is -2.74. The van der Waals surface area contributed by atoms with E-state index in [1.54, 1.807) is 41.7 Å². The zero-order valence-electron chi connectivity index (χ0n) is 43.8. The second-order valence-electron chi connectivity index (χ2n) is 22.9. The molecule has 0 radical (unpaired) electrons. The molecule has 2 aliphatic carbocycles. The van der Waals surface area contributed by atoms with E-state index < -0.39 is 46.2 Å². The predicted molar refractivity (Wildman–Crippen MR) is 283 cm³/mol. The Morgan fingerprint density at radius 1 is 0.973 bits per heavy atom. The first-order chi connectivity index (χ1) is 34.9. The highest BCUT2D eigenvalue weighted by Crippen LogP contribution is 2.55. The number of nitrogens with one attached hydrogen (secondary N) is 4. The number of halogens is 2. The Morgan fingerprint density at radius 2 is 1.66 bits per heavy atom. The van der Waals surface area contributed by atoms with Gasteiger partial charge in [-0.3, -0.25) is 24.1 Å². The van der Waals surface area contributed by atoms with Crippen molar-refractivity contribution in [3.63, 3.8) is 0 Å². The molecule has 4 aliphatic rings. The third kappa shape index (κ3) is 11.9. The normalized spacial score (nSPS) is 24.3. The third-order valence-electron chi connectivity index (χ3n) is 15.5. The number of nitriles is 1. The fraction of sp³-hybridized carbons (Fsp3) is 0.536. The molecule has 0 bridgehead atoms. The second-order valence-corrected chi connectivity index (χ2v) is 24.2. The average Bonchev–Trinajstić information content (AvgIpc) is 3.96. The van der Waals surface area contributed by atoms with Gasteiger partial charge in [-0.15, -0.1) is 11.3 Å². The highest BCUT2D eigenvalue weighted by molar-refractivity contribution is 7.13. The fourth-order valence-electron chi connectivity index (χ4n) is 11.5. The third-order valence-corrected chi connectivity index (χ3v) is 16.8. The van der Waals surface area contributed by atoms with Crippen molar-refractivity contribution in [3.8, 4) is 22.3 Å². The standard InChI is InChI=1S/C56H70ClFN8O7S/c1-31(33-10-12-34(13-11-33)47-32(2)60-30-74-47)61-50(70)45-25-38(67)28-66(45)51(71)48(54(3,4)5)63-46(68)29-65-20-18-39(19-21-65)72-41-23-37(24-41)62-44-17-15-35(22-43(44)58)49(69)64-52-55(6,7)53(56(52,8)9)73-40-16-14-36(27-59)42(57)26-40/h10-17,22,26,30-31,37-39,41,45,48,52-53,62,67H,18-21,23-25,28-29H2,1-9H3,(H,61,70)(H,63,68)(H,64,69)/t31-,37-,38+,41-,45-,48+,52-,53-/m0/s1. The summed E-state index contributed by atoms with van der Waals surface area (Å²) in [7, 11) is 0. The number of likely N-dealkylation sites (tertiary alicyclic amines) is 2. The topological polar surface area (TPSA) is 198 Å². The molecule has 0 spiro atoms. The lowest BCUT2D eigenvalue weighted by atomic mass is 9.49. The molecule has 18 heteroatoms. The highest BCUT2D eigenvalue weighted by atomic mass is 35.5. The van der Waals surface area contributed by atoms with E-state index in [-0.39, 0.29) is 79.2 Å². The van der Waals surface area contributed by atoms with Crippen LogP contribution in [0.5, 0.6) is 5.75 Å². The number of aromatic nitrogens is 1. The minimum Gasteiger partial charge on any atom is -0.489 e. The number of aryl methyl sites for hydroxylation is 1. The molecular formula is C56H70ClFN8O7S. The number of hydrogen-bond donors (Lipinski definition) is 5. The zero-order valence-corrected chi connectivity index (χ0v) is 45.3. The molecule has 3 aromatic carbocycles. The van der Waals surface area contributed by atoms with Crippen LogP contribution >= 0.6 is 22.9 Å². The molecule has 1 aromatic heterocycles. The summed E-state index contributed by atoms with van der Waals surface area (Å²) in [6, 6.07) is 17.0. The summed E-state index contributed by atoms with van der Waals surface area (Å²) in [6.45, 7) is 18.9. The maximum atomic E-state index is 15.5. The first kappa shape index (κ1) is 54.6. The SMILES string of the molecule is Cc1ncsc1-c1ccc([C@H](C)NC(=O)[C@@H]2C[C@@H](O)CN2C(=O)[C@@H](NC(=O)CN2CCC(O[C@H]3C[C@H](Nc4ccc(C(=O)N[C@H]5C(C)(C)[C@H](Oc6ccc(C#N)c(Cl)c6)C5(C)C)cc4F)C3)CC2)C(C)(C)C)cc1. The van der Waals surface area contributed by atoms with Crippen LogP contribution in [0, 0.1) is 40.3 Å². The molecule has 396 valence electrons. The van der Waals surface area contributed by atoms with Gasteiger partial charge in [0, 0.05) is 60.6 Å². The monoisotopic (exact) mass is 1050 g/mol. The Balaban J connectivity index is 0.755. The number of β-amino-alcohol motifs (C(OH)–C–C–N with tert-alkyl or cyclic N) is 1.